The van der Waals surface area contributed by atoms with Gasteiger partial charge in [0, 0.05) is 6.54 Å². The molecular formula is C13H15ClN2O3S. The van der Waals surface area contributed by atoms with Gasteiger partial charge < -0.3 is 5.32 Å². The summed E-state index contributed by atoms with van der Waals surface area (Å²) in [6.45, 7) is 7.22. The maximum atomic E-state index is 11.3. The first-order valence-electron chi connectivity index (χ1n) is 5.59. The van der Waals surface area contributed by atoms with E-state index in [9.17, 15) is 13.2 Å². The van der Waals surface area contributed by atoms with Crippen molar-refractivity contribution in [2.75, 3.05) is 11.0 Å². The van der Waals surface area contributed by atoms with Crippen LogP contribution >= 0.6 is 11.6 Å². The van der Waals surface area contributed by atoms with E-state index >= 15 is 0 Å². The molecule has 0 saturated carbocycles. The average Bonchev–Trinajstić information content (AvgIpc) is 2.37. The molecule has 1 rings (SSSR count). The fourth-order valence-electron chi connectivity index (χ4n) is 1.50. The Labute approximate surface area is 123 Å². The molecule has 1 aromatic carbocycles. The van der Waals surface area contributed by atoms with Crippen LogP contribution in [-0.2, 0) is 21.4 Å². The number of anilines is 1. The highest BCUT2D eigenvalue weighted by Crippen LogP contribution is 2.29. The predicted octanol–water partition coefficient (Wildman–Crippen LogP) is 2.16. The van der Waals surface area contributed by atoms with E-state index in [1.165, 1.54) is 6.08 Å². The topological polar surface area (TPSA) is 75.3 Å². The molecule has 0 fully saturated rings. The zero-order valence-corrected chi connectivity index (χ0v) is 12.5. The molecule has 108 valence electrons. The minimum Gasteiger partial charge on any atom is -0.348 e. The highest BCUT2D eigenvalue weighted by atomic mass is 35.5. The monoisotopic (exact) mass is 314 g/mol. The van der Waals surface area contributed by atoms with Crippen molar-refractivity contribution in [3.8, 4) is 0 Å². The summed E-state index contributed by atoms with van der Waals surface area (Å²) in [6, 6.07) is 3.27. The summed E-state index contributed by atoms with van der Waals surface area (Å²) in [5.41, 5.74) is 1.52. The first kappa shape index (κ1) is 16.3. The van der Waals surface area contributed by atoms with E-state index in [0.717, 1.165) is 17.9 Å². The van der Waals surface area contributed by atoms with Crippen molar-refractivity contribution in [2.24, 2.45) is 0 Å². The molecule has 0 bridgehead atoms. The molecule has 0 radical (unpaired) electrons. The maximum Gasteiger partial charge on any atom is 0.243 e. The molecule has 1 amide bonds. The largest absolute Gasteiger partial charge is 0.348 e. The van der Waals surface area contributed by atoms with Gasteiger partial charge in [0.15, 0.2) is 0 Å². The van der Waals surface area contributed by atoms with E-state index in [0.29, 0.717) is 5.56 Å². The third-order valence-electron chi connectivity index (χ3n) is 2.34. The zero-order chi connectivity index (χ0) is 15.3. The van der Waals surface area contributed by atoms with Gasteiger partial charge in [0.1, 0.15) is 0 Å². The van der Waals surface area contributed by atoms with Crippen LogP contribution in [0.2, 0.25) is 5.02 Å². The minimum absolute atomic E-state index is 0.232. The molecule has 0 saturated heterocycles. The third kappa shape index (κ3) is 4.71. The SMILES string of the molecule is C=CC(=O)NCc1cc(Cl)c(NS(C)(=O)=O)c(C=C)c1. The van der Waals surface area contributed by atoms with Gasteiger partial charge in [0.2, 0.25) is 15.9 Å². The van der Waals surface area contributed by atoms with Crippen LogP contribution in [0, 0.1) is 0 Å². The lowest BCUT2D eigenvalue weighted by atomic mass is 10.1. The Balaban J connectivity index is 3.10. The third-order valence-corrected chi connectivity index (χ3v) is 3.21. The fourth-order valence-corrected chi connectivity index (χ4v) is 2.45. The number of nitrogens with one attached hydrogen (secondary N) is 2. The van der Waals surface area contributed by atoms with E-state index in [2.05, 4.69) is 23.2 Å². The normalized spacial score (nSPS) is 10.7. The number of hydrogen-bond donors (Lipinski definition) is 2. The Morgan fingerprint density at radius 3 is 2.55 bits per heavy atom. The molecular weight excluding hydrogens is 300 g/mol. The smallest absolute Gasteiger partial charge is 0.243 e. The summed E-state index contributed by atoms with van der Waals surface area (Å²) in [5.74, 6) is -0.306. The molecule has 0 aliphatic carbocycles. The van der Waals surface area contributed by atoms with Crippen molar-refractivity contribution < 1.29 is 13.2 Å². The minimum atomic E-state index is -3.44. The number of rotatable bonds is 6. The molecule has 0 atom stereocenters. The zero-order valence-electron chi connectivity index (χ0n) is 10.9. The number of benzene rings is 1. The number of halogens is 1. The molecule has 0 aliphatic heterocycles. The lowest BCUT2D eigenvalue weighted by molar-refractivity contribution is -0.116. The van der Waals surface area contributed by atoms with Crippen molar-refractivity contribution in [3.63, 3.8) is 0 Å². The van der Waals surface area contributed by atoms with Crippen molar-refractivity contribution in [2.45, 2.75) is 6.54 Å². The van der Waals surface area contributed by atoms with E-state index in [-0.39, 0.29) is 23.2 Å². The molecule has 1 aromatic rings. The van der Waals surface area contributed by atoms with Gasteiger partial charge in [-0.3, -0.25) is 9.52 Å². The number of hydrogen-bond acceptors (Lipinski definition) is 3. The van der Waals surface area contributed by atoms with Crippen molar-refractivity contribution in [1.82, 2.24) is 5.32 Å². The molecule has 0 spiro atoms. The second-order valence-corrected chi connectivity index (χ2v) is 6.20. The van der Waals surface area contributed by atoms with Crippen LogP contribution in [0.15, 0.2) is 31.4 Å². The Kier molecular flexibility index (Phi) is 5.35. The van der Waals surface area contributed by atoms with Crippen LogP contribution in [0.25, 0.3) is 6.08 Å². The summed E-state index contributed by atoms with van der Waals surface area (Å²) < 4.78 is 24.9. The van der Waals surface area contributed by atoms with Crippen LogP contribution in [0.1, 0.15) is 11.1 Å². The summed E-state index contributed by atoms with van der Waals surface area (Å²) in [7, 11) is -3.44. The quantitative estimate of drug-likeness (QED) is 0.790. The van der Waals surface area contributed by atoms with E-state index < -0.39 is 10.0 Å². The van der Waals surface area contributed by atoms with Crippen LogP contribution < -0.4 is 10.0 Å². The van der Waals surface area contributed by atoms with Gasteiger partial charge >= 0.3 is 0 Å². The van der Waals surface area contributed by atoms with Crippen molar-refractivity contribution in [1.29, 1.82) is 0 Å². The predicted molar refractivity (Wildman–Crippen MR) is 82.1 cm³/mol. The summed E-state index contributed by atoms with van der Waals surface area (Å²) in [5, 5.41) is 2.84. The molecule has 0 aromatic heterocycles. The summed E-state index contributed by atoms with van der Waals surface area (Å²) >= 11 is 6.06. The molecule has 20 heavy (non-hydrogen) atoms. The molecule has 2 N–H and O–H groups in total. The van der Waals surface area contributed by atoms with Crippen LogP contribution in [0.3, 0.4) is 0 Å². The van der Waals surface area contributed by atoms with E-state index in [1.54, 1.807) is 12.1 Å². The Morgan fingerprint density at radius 1 is 1.40 bits per heavy atom. The Bertz CT molecular complexity index is 654. The second-order valence-electron chi connectivity index (χ2n) is 4.04. The first-order valence-corrected chi connectivity index (χ1v) is 7.86. The highest BCUT2D eigenvalue weighted by molar-refractivity contribution is 7.92. The molecule has 0 aliphatic rings. The molecule has 0 heterocycles. The van der Waals surface area contributed by atoms with Gasteiger partial charge in [-0.1, -0.05) is 30.8 Å². The number of carbonyl (C=O) groups is 1. The van der Waals surface area contributed by atoms with Crippen LogP contribution in [-0.4, -0.2) is 20.6 Å². The number of carbonyl (C=O) groups excluding carboxylic acids is 1. The summed E-state index contributed by atoms with van der Waals surface area (Å²) in [4.78, 5) is 11.1. The fraction of sp³-hybridized carbons (Fsp3) is 0.154. The lowest BCUT2D eigenvalue weighted by Gasteiger charge is -2.13. The highest BCUT2D eigenvalue weighted by Gasteiger charge is 2.12. The Hall–Kier alpha value is -1.79. The number of sulfonamides is 1. The van der Waals surface area contributed by atoms with Crippen molar-refractivity contribution in [3.05, 3.63) is 47.5 Å². The van der Waals surface area contributed by atoms with Gasteiger partial charge in [-0.15, -0.1) is 0 Å². The molecule has 0 unspecified atom stereocenters. The van der Waals surface area contributed by atoms with Gasteiger partial charge in [-0.2, -0.15) is 0 Å². The van der Waals surface area contributed by atoms with Gasteiger partial charge in [-0.05, 0) is 29.3 Å². The van der Waals surface area contributed by atoms with Crippen LogP contribution in [0.5, 0.6) is 0 Å². The van der Waals surface area contributed by atoms with Gasteiger partial charge in [0.25, 0.3) is 0 Å². The Morgan fingerprint density at radius 2 is 2.05 bits per heavy atom. The van der Waals surface area contributed by atoms with Gasteiger partial charge in [-0.25, -0.2) is 8.42 Å². The number of amides is 1. The van der Waals surface area contributed by atoms with Gasteiger partial charge in [0.05, 0.1) is 17.0 Å². The standard InChI is InChI=1S/C13H15ClN2O3S/c1-4-10-6-9(8-15-12(17)5-2)7-11(14)13(10)16-20(3,18)19/h4-7,16H,1-2,8H2,3H3,(H,15,17). The second kappa shape index (κ2) is 6.58. The molecule has 7 heteroatoms. The first-order chi connectivity index (χ1) is 9.26. The summed E-state index contributed by atoms with van der Waals surface area (Å²) in [6.07, 6.45) is 3.68. The van der Waals surface area contributed by atoms with Crippen molar-refractivity contribution >= 4 is 39.3 Å². The average molecular weight is 315 g/mol. The molecule has 5 nitrogen and oxygen atoms in total. The van der Waals surface area contributed by atoms with E-state index in [4.69, 9.17) is 11.6 Å². The van der Waals surface area contributed by atoms with Crippen LogP contribution in [0.4, 0.5) is 5.69 Å². The van der Waals surface area contributed by atoms with E-state index in [1.807, 2.05) is 0 Å². The lowest BCUT2D eigenvalue weighted by Crippen LogP contribution is -2.20. The maximum absolute atomic E-state index is 11.3.